The summed E-state index contributed by atoms with van der Waals surface area (Å²) in [6.07, 6.45) is 0. The Morgan fingerprint density at radius 1 is 1.17 bits per heavy atom. The monoisotopic (exact) mass is 332 g/mol. The van der Waals surface area contributed by atoms with Crippen molar-refractivity contribution in [3.05, 3.63) is 64.9 Å². The molecule has 1 heterocycles. The molecule has 0 radical (unpaired) electrons. The van der Waals surface area contributed by atoms with Crippen LogP contribution in [0.3, 0.4) is 0 Å². The van der Waals surface area contributed by atoms with Gasteiger partial charge in [-0.05, 0) is 31.2 Å². The van der Waals surface area contributed by atoms with Gasteiger partial charge in [-0.1, -0.05) is 35.9 Å². The van der Waals surface area contributed by atoms with Crippen molar-refractivity contribution >= 4 is 23.2 Å². The number of anilines is 1. The number of rotatable bonds is 3. The summed E-state index contributed by atoms with van der Waals surface area (Å²) in [6, 6.07) is 13.7. The van der Waals surface area contributed by atoms with Crippen molar-refractivity contribution in [3.8, 4) is 0 Å². The van der Waals surface area contributed by atoms with Gasteiger partial charge in [-0.2, -0.15) is 0 Å². The smallest absolute Gasteiger partial charge is 0.244 e. The molecule has 1 aliphatic heterocycles. The lowest BCUT2D eigenvalue weighted by Crippen LogP contribution is -2.55. The van der Waals surface area contributed by atoms with Crippen LogP contribution in [0.4, 0.5) is 10.1 Å². The zero-order chi connectivity index (χ0) is 16.4. The average Bonchev–Trinajstić information content (AvgIpc) is 2.54. The summed E-state index contributed by atoms with van der Waals surface area (Å²) in [7, 11) is 0. The second kappa shape index (κ2) is 6.69. The average molecular weight is 333 g/mol. The largest absolute Gasteiger partial charge is 0.310 e. The normalized spacial score (nSPS) is 19.2. The van der Waals surface area contributed by atoms with Gasteiger partial charge in [-0.3, -0.25) is 9.69 Å². The molecule has 3 nitrogen and oxygen atoms in total. The Morgan fingerprint density at radius 3 is 2.70 bits per heavy atom. The zero-order valence-electron chi connectivity index (χ0n) is 12.9. The zero-order valence-corrected chi connectivity index (χ0v) is 13.6. The number of nitrogens with zero attached hydrogens (tertiary/aromatic N) is 2. The number of carbonyl (C=O) groups excluding carboxylic acids is 1. The van der Waals surface area contributed by atoms with Crippen molar-refractivity contribution in [1.82, 2.24) is 4.90 Å². The Hall–Kier alpha value is -1.91. The summed E-state index contributed by atoms with van der Waals surface area (Å²) in [6.45, 7) is 3.55. The third-order valence-electron chi connectivity index (χ3n) is 4.23. The number of piperazine rings is 1. The molecule has 3 rings (SSSR count). The van der Waals surface area contributed by atoms with E-state index in [1.165, 1.54) is 6.07 Å². The van der Waals surface area contributed by atoms with Crippen LogP contribution in [-0.4, -0.2) is 29.9 Å². The van der Waals surface area contributed by atoms with E-state index < -0.39 is 0 Å². The van der Waals surface area contributed by atoms with E-state index in [-0.39, 0.29) is 17.8 Å². The molecule has 1 saturated heterocycles. The molecule has 5 heteroatoms. The van der Waals surface area contributed by atoms with Crippen LogP contribution in [0.5, 0.6) is 0 Å². The Morgan fingerprint density at radius 2 is 1.96 bits per heavy atom. The molecule has 0 N–H and O–H groups in total. The first-order valence-electron chi connectivity index (χ1n) is 7.60. The van der Waals surface area contributed by atoms with Crippen LogP contribution >= 0.6 is 11.6 Å². The standard InChI is InChI=1S/C18H18ClFN2O/c1-13-18(23)22(16-7-4-6-15(19)11-16)10-9-21(13)12-14-5-2-3-8-17(14)20/h2-8,11,13H,9-10,12H2,1H3. The number of hydrogen-bond acceptors (Lipinski definition) is 2. The van der Waals surface area contributed by atoms with E-state index in [0.29, 0.717) is 30.2 Å². The highest BCUT2D eigenvalue weighted by molar-refractivity contribution is 6.30. The quantitative estimate of drug-likeness (QED) is 0.855. The van der Waals surface area contributed by atoms with Gasteiger partial charge in [0, 0.05) is 35.9 Å². The van der Waals surface area contributed by atoms with Gasteiger partial charge in [0.2, 0.25) is 5.91 Å². The van der Waals surface area contributed by atoms with Gasteiger partial charge in [-0.25, -0.2) is 4.39 Å². The van der Waals surface area contributed by atoms with E-state index in [1.807, 2.05) is 30.0 Å². The van der Waals surface area contributed by atoms with Crippen molar-refractivity contribution in [2.75, 3.05) is 18.0 Å². The summed E-state index contributed by atoms with van der Waals surface area (Å²) in [4.78, 5) is 16.4. The Balaban J connectivity index is 1.75. The van der Waals surface area contributed by atoms with Crippen LogP contribution in [0.25, 0.3) is 0 Å². The van der Waals surface area contributed by atoms with Crippen LogP contribution in [0.15, 0.2) is 48.5 Å². The minimum absolute atomic E-state index is 0.00913. The highest BCUT2D eigenvalue weighted by atomic mass is 35.5. The second-order valence-electron chi connectivity index (χ2n) is 5.71. The molecule has 2 aromatic carbocycles. The van der Waals surface area contributed by atoms with Crippen LogP contribution in [0.1, 0.15) is 12.5 Å². The second-order valence-corrected chi connectivity index (χ2v) is 6.14. The lowest BCUT2D eigenvalue weighted by molar-refractivity contribution is -0.125. The molecular formula is C18H18ClFN2O. The lowest BCUT2D eigenvalue weighted by Gasteiger charge is -2.39. The SMILES string of the molecule is CC1C(=O)N(c2cccc(Cl)c2)CCN1Cc1ccccc1F. The van der Waals surface area contributed by atoms with Crippen molar-refractivity contribution < 1.29 is 9.18 Å². The number of halogens is 2. The van der Waals surface area contributed by atoms with Gasteiger partial charge in [0.15, 0.2) is 0 Å². The van der Waals surface area contributed by atoms with E-state index in [9.17, 15) is 9.18 Å². The predicted octanol–water partition coefficient (Wildman–Crippen LogP) is 3.72. The molecule has 0 bridgehead atoms. The third-order valence-corrected chi connectivity index (χ3v) is 4.47. The first-order chi connectivity index (χ1) is 11.1. The van der Waals surface area contributed by atoms with E-state index in [2.05, 4.69) is 0 Å². The molecule has 1 amide bonds. The summed E-state index contributed by atoms with van der Waals surface area (Å²) in [5.41, 5.74) is 1.42. The fraction of sp³-hybridized carbons (Fsp3) is 0.278. The molecule has 1 atom stereocenters. The van der Waals surface area contributed by atoms with E-state index >= 15 is 0 Å². The number of carbonyl (C=O) groups is 1. The van der Waals surface area contributed by atoms with Crippen molar-refractivity contribution in [3.63, 3.8) is 0 Å². The van der Waals surface area contributed by atoms with E-state index in [0.717, 1.165) is 5.69 Å². The molecule has 0 aliphatic carbocycles. The lowest BCUT2D eigenvalue weighted by atomic mass is 10.1. The highest BCUT2D eigenvalue weighted by Crippen LogP contribution is 2.24. The molecule has 120 valence electrons. The summed E-state index contributed by atoms with van der Waals surface area (Å²) < 4.78 is 13.8. The van der Waals surface area contributed by atoms with Crippen LogP contribution in [0.2, 0.25) is 5.02 Å². The first kappa shape index (κ1) is 16.0. The first-order valence-corrected chi connectivity index (χ1v) is 7.98. The van der Waals surface area contributed by atoms with Crippen molar-refractivity contribution in [2.45, 2.75) is 19.5 Å². The van der Waals surface area contributed by atoms with Gasteiger partial charge >= 0.3 is 0 Å². The summed E-state index contributed by atoms with van der Waals surface area (Å²) in [5, 5.41) is 0.608. The van der Waals surface area contributed by atoms with Crippen LogP contribution in [0, 0.1) is 5.82 Å². The topological polar surface area (TPSA) is 23.6 Å². The minimum atomic E-state index is -0.303. The molecule has 0 saturated carbocycles. The number of hydrogen-bond donors (Lipinski definition) is 0. The van der Waals surface area contributed by atoms with Crippen LogP contribution < -0.4 is 4.90 Å². The molecule has 1 aliphatic rings. The molecule has 0 aromatic heterocycles. The van der Waals surface area contributed by atoms with Crippen molar-refractivity contribution in [2.24, 2.45) is 0 Å². The maximum atomic E-state index is 13.8. The molecule has 1 unspecified atom stereocenters. The van der Waals surface area contributed by atoms with E-state index in [4.69, 9.17) is 11.6 Å². The fourth-order valence-corrected chi connectivity index (χ4v) is 3.06. The predicted molar refractivity (Wildman–Crippen MR) is 90.1 cm³/mol. The van der Waals surface area contributed by atoms with Crippen LogP contribution in [-0.2, 0) is 11.3 Å². The Kier molecular flexibility index (Phi) is 4.64. The van der Waals surface area contributed by atoms with E-state index in [1.54, 1.807) is 29.2 Å². The fourth-order valence-electron chi connectivity index (χ4n) is 2.88. The Bertz CT molecular complexity index is 722. The van der Waals surface area contributed by atoms with Crippen molar-refractivity contribution in [1.29, 1.82) is 0 Å². The van der Waals surface area contributed by atoms with Gasteiger partial charge in [0.25, 0.3) is 0 Å². The molecule has 0 spiro atoms. The van der Waals surface area contributed by atoms with Gasteiger partial charge in [0.05, 0.1) is 6.04 Å². The minimum Gasteiger partial charge on any atom is -0.310 e. The van der Waals surface area contributed by atoms with Gasteiger partial charge < -0.3 is 4.90 Å². The Labute approximate surface area is 140 Å². The molecule has 23 heavy (non-hydrogen) atoms. The number of amides is 1. The highest BCUT2D eigenvalue weighted by Gasteiger charge is 2.32. The summed E-state index contributed by atoms with van der Waals surface area (Å²) in [5.74, 6) is -0.223. The number of benzene rings is 2. The molecular weight excluding hydrogens is 315 g/mol. The molecule has 2 aromatic rings. The van der Waals surface area contributed by atoms with Gasteiger partial charge in [-0.15, -0.1) is 0 Å². The molecule has 1 fully saturated rings. The maximum absolute atomic E-state index is 13.8. The third kappa shape index (κ3) is 3.38. The summed E-state index contributed by atoms with van der Waals surface area (Å²) >= 11 is 6.01. The van der Waals surface area contributed by atoms with Gasteiger partial charge in [0.1, 0.15) is 5.82 Å². The maximum Gasteiger partial charge on any atom is 0.244 e.